The lowest BCUT2D eigenvalue weighted by atomic mass is 9.84. The smallest absolute Gasteiger partial charge is 0.407 e. The van der Waals surface area contributed by atoms with E-state index < -0.39 is 6.09 Å². The first-order valence-corrected chi connectivity index (χ1v) is 14.1. The first kappa shape index (κ1) is 27.5. The molecular formula is C33H34N4O5. The summed E-state index contributed by atoms with van der Waals surface area (Å²) < 4.78 is 12.7. The molecule has 3 heterocycles. The molecule has 9 nitrogen and oxygen atoms in total. The SMILES string of the molecule is CC(C)(C)C1CN(Cc2c(OCc3ccccc3)ccc3c(O)c(C=C4N=Nc5ccccc54)oc23)CCN1C(=O)O. The molecule has 0 aliphatic carbocycles. The van der Waals surface area contributed by atoms with Crippen LogP contribution in [0.5, 0.6) is 11.5 Å². The van der Waals surface area contributed by atoms with E-state index in [1.165, 1.54) is 0 Å². The lowest BCUT2D eigenvalue weighted by Crippen LogP contribution is -2.59. The van der Waals surface area contributed by atoms with Gasteiger partial charge in [0.05, 0.1) is 28.4 Å². The van der Waals surface area contributed by atoms with Crippen molar-refractivity contribution >= 4 is 34.5 Å². The Balaban J connectivity index is 1.38. The maximum atomic E-state index is 12.0. The number of azo groups is 1. The molecule has 1 unspecified atom stereocenters. The average molecular weight is 567 g/mol. The summed E-state index contributed by atoms with van der Waals surface area (Å²) in [5.41, 5.74) is 4.36. The van der Waals surface area contributed by atoms with Crippen LogP contribution in [0.15, 0.2) is 81.4 Å². The van der Waals surface area contributed by atoms with Crippen LogP contribution in [-0.4, -0.2) is 51.8 Å². The largest absolute Gasteiger partial charge is 0.504 e. The fraction of sp³-hybridized carbons (Fsp3) is 0.303. The molecule has 4 aromatic rings. The minimum absolute atomic E-state index is 0.0243. The van der Waals surface area contributed by atoms with E-state index in [4.69, 9.17) is 9.15 Å². The summed E-state index contributed by atoms with van der Waals surface area (Å²) in [4.78, 5) is 15.8. The van der Waals surface area contributed by atoms with Crippen LogP contribution >= 0.6 is 0 Å². The number of furan rings is 1. The van der Waals surface area contributed by atoms with Crippen molar-refractivity contribution < 1.29 is 24.2 Å². The van der Waals surface area contributed by atoms with Gasteiger partial charge in [-0.1, -0.05) is 69.3 Å². The van der Waals surface area contributed by atoms with Crippen LogP contribution < -0.4 is 4.74 Å². The molecule has 0 saturated carbocycles. The Morgan fingerprint density at radius 1 is 1.05 bits per heavy atom. The van der Waals surface area contributed by atoms with Crippen molar-refractivity contribution in [1.82, 2.24) is 9.80 Å². The topological polar surface area (TPSA) is 111 Å². The fourth-order valence-corrected chi connectivity index (χ4v) is 5.67. The summed E-state index contributed by atoms with van der Waals surface area (Å²) in [7, 11) is 0. The van der Waals surface area contributed by atoms with E-state index in [1.54, 1.807) is 11.0 Å². The number of piperazine rings is 1. The molecular weight excluding hydrogens is 532 g/mol. The normalized spacial score (nSPS) is 18.1. The lowest BCUT2D eigenvalue weighted by molar-refractivity contribution is 0.0187. The number of hydrogen-bond donors (Lipinski definition) is 2. The fourth-order valence-electron chi connectivity index (χ4n) is 5.67. The van der Waals surface area contributed by atoms with Crippen LogP contribution in [0.3, 0.4) is 0 Å². The molecule has 2 aliphatic heterocycles. The number of carbonyl (C=O) groups is 1. The van der Waals surface area contributed by atoms with E-state index in [1.807, 2.05) is 66.7 Å². The number of aromatic hydroxyl groups is 1. The van der Waals surface area contributed by atoms with E-state index in [-0.39, 0.29) is 17.2 Å². The van der Waals surface area contributed by atoms with Crippen LogP contribution in [-0.2, 0) is 13.2 Å². The molecule has 1 aromatic heterocycles. The molecule has 0 spiro atoms. The molecule has 2 N–H and O–H groups in total. The van der Waals surface area contributed by atoms with Gasteiger partial charge in [-0.2, -0.15) is 0 Å². The van der Waals surface area contributed by atoms with Gasteiger partial charge >= 0.3 is 6.09 Å². The highest BCUT2D eigenvalue weighted by atomic mass is 16.5. The van der Waals surface area contributed by atoms with Crippen LogP contribution in [0.4, 0.5) is 10.5 Å². The van der Waals surface area contributed by atoms with Crippen molar-refractivity contribution in [3.63, 3.8) is 0 Å². The summed E-state index contributed by atoms with van der Waals surface area (Å²) in [6.07, 6.45) is 0.808. The van der Waals surface area contributed by atoms with E-state index in [0.29, 0.717) is 61.0 Å². The summed E-state index contributed by atoms with van der Waals surface area (Å²) in [6, 6.07) is 21.1. The third-order valence-electron chi connectivity index (χ3n) is 7.96. The van der Waals surface area contributed by atoms with Gasteiger partial charge in [-0.25, -0.2) is 4.79 Å². The van der Waals surface area contributed by atoms with E-state index >= 15 is 0 Å². The quantitative estimate of drug-likeness (QED) is 0.250. The Morgan fingerprint density at radius 2 is 1.81 bits per heavy atom. The zero-order valence-electron chi connectivity index (χ0n) is 23.9. The van der Waals surface area contributed by atoms with Gasteiger partial charge in [0.1, 0.15) is 17.9 Å². The number of hydrogen-bond acceptors (Lipinski definition) is 7. The van der Waals surface area contributed by atoms with Crippen molar-refractivity contribution in [2.75, 3.05) is 19.6 Å². The Bertz CT molecular complexity index is 1690. The average Bonchev–Trinajstić information content (AvgIpc) is 3.53. The number of amides is 1. The van der Waals surface area contributed by atoms with Crippen molar-refractivity contribution in [3.8, 4) is 11.5 Å². The Labute approximate surface area is 244 Å². The zero-order valence-corrected chi connectivity index (χ0v) is 23.9. The monoisotopic (exact) mass is 566 g/mol. The molecule has 0 radical (unpaired) electrons. The molecule has 1 atom stereocenters. The van der Waals surface area contributed by atoms with Gasteiger partial charge in [0, 0.05) is 37.8 Å². The lowest BCUT2D eigenvalue weighted by Gasteiger charge is -2.46. The predicted octanol–water partition coefficient (Wildman–Crippen LogP) is 7.52. The Kier molecular flexibility index (Phi) is 7.20. The zero-order chi connectivity index (χ0) is 29.4. The highest BCUT2D eigenvalue weighted by molar-refractivity contribution is 5.95. The summed E-state index contributed by atoms with van der Waals surface area (Å²) in [5, 5.41) is 30.2. The molecule has 1 saturated heterocycles. The van der Waals surface area contributed by atoms with E-state index in [9.17, 15) is 15.0 Å². The first-order chi connectivity index (χ1) is 20.2. The maximum Gasteiger partial charge on any atom is 0.407 e. The second-order valence-electron chi connectivity index (χ2n) is 11.8. The summed E-state index contributed by atoms with van der Waals surface area (Å²) in [5.74, 6) is 0.967. The second-order valence-corrected chi connectivity index (χ2v) is 11.8. The predicted molar refractivity (Wildman–Crippen MR) is 161 cm³/mol. The minimum Gasteiger partial charge on any atom is -0.504 e. The van der Waals surface area contributed by atoms with Crippen molar-refractivity contribution in [1.29, 1.82) is 0 Å². The summed E-state index contributed by atoms with van der Waals surface area (Å²) >= 11 is 0. The van der Waals surface area contributed by atoms with Gasteiger partial charge in [-0.15, -0.1) is 10.2 Å². The molecule has 3 aromatic carbocycles. The standard InChI is InChI=1S/C33H34N4O5/c1-33(2,3)29-19-36(15-16-37(29)32(39)40)18-24-27(41-20-21-9-5-4-6-10-21)14-13-23-30(38)28(42-31(23)24)17-26-22-11-7-8-12-25(22)34-35-26/h4-14,17,29,38H,15-16,18-20H2,1-3H3,(H,39,40). The van der Waals surface area contributed by atoms with E-state index in [0.717, 1.165) is 22.4 Å². The van der Waals surface area contributed by atoms with Gasteiger partial charge in [0.2, 0.25) is 0 Å². The summed E-state index contributed by atoms with van der Waals surface area (Å²) in [6.45, 7) is 8.56. The highest BCUT2D eigenvalue weighted by Gasteiger charge is 2.38. The molecule has 216 valence electrons. The number of ether oxygens (including phenoxy) is 1. The molecule has 1 amide bonds. The molecule has 9 heteroatoms. The third kappa shape index (κ3) is 5.35. The molecule has 42 heavy (non-hydrogen) atoms. The van der Waals surface area contributed by atoms with Crippen LogP contribution in [0.25, 0.3) is 22.7 Å². The van der Waals surface area contributed by atoms with Gasteiger partial charge in [-0.05, 0) is 29.2 Å². The number of carboxylic acid groups (broad SMARTS) is 1. The van der Waals surface area contributed by atoms with Crippen LogP contribution in [0, 0.1) is 5.41 Å². The number of rotatable bonds is 6. The Morgan fingerprint density at radius 3 is 2.57 bits per heavy atom. The van der Waals surface area contributed by atoms with Crippen LogP contribution in [0.1, 0.15) is 43.2 Å². The Hall–Kier alpha value is -4.63. The maximum absolute atomic E-state index is 12.0. The molecule has 0 bridgehead atoms. The van der Waals surface area contributed by atoms with Gasteiger partial charge in [-0.3, -0.25) is 4.90 Å². The number of fused-ring (bicyclic) bond motifs is 2. The van der Waals surface area contributed by atoms with Gasteiger partial charge in [0.25, 0.3) is 0 Å². The number of nitrogens with zero attached hydrogens (tertiary/aromatic N) is 4. The van der Waals surface area contributed by atoms with Gasteiger partial charge < -0.3 is 24.3 Å². The van der Waals surface area contributed by atoms with Gasteiger partial charge in [0.15, 0.2) is 11.5 Å². The third-order valence-corrected chi connectivity index (χ3v) is 7.96. The van der Waals surface area contributed by atoms with Crippen molar-refractivity contribution in [3.05, 3.63) is 89.2 Å². The first-order valence-electron chi connectivity index (χ1n) is 14.1. The second kappa shape index (κ2) is 11.0. The molecule has 6 rings (SSSR count). The van der Waals surface area contributed by atoms with Crippen LogP contribution in [0.2, 0.25) is 0 Å². The van der Waals surface area contributed by atoms with E-state index in [2.05, 4.69) is 35.9 Å². The highest BCUT2D eigenvalue weighted by Crippen LogP contribution is 2.42. The molecule has 2 aliphatic rings. The van der Waals surface area contributed by atoms with Crippen molar-refractivity contribution in [2.45, 2.75) is 40.0 Å². The molecule has 1 fully saturated rings. The number of benzene rings is 3. The minimum atomic E-state index is -0.900. The van der Waals surface area contributed by atoms with Crippen molar-refractivity contribution in [2.24, 2.45) is 15.6 Å².